The van der Waals surface area contributed by atoms with E-state index in [1.54, 1.807) is 10.7 Å². The Balaban J connectivity index is 1.96. The molecule has 0 aliphatic rings. The minimum atomic E-state index is -0.494. The molecule has 0 N–H and O–H groups in total. The third-order valence-corrected chi connectivity index (χ3v) is 4.98. The van der Waals surface area contributed by atoms with Crippen LogP contribution in [0.1, 0.15) is 36.7 Å². The van der Waals surface area contributed by atoms with Crippen molar-refractivity contribution in [3.8, 4) is 11.5 Å². The lowest BCUT2D eigenvalue weighted by Gasteiger charge is -2.12. The highest BCUT2D eigenvalue weighted by Gasteiger charge is 2.22. The second kappa shape index (κ2) is 10.1. The Hall–Kier alpha value is -3.40. The van der Waals surface area contributed by atoms with Crippen LogP contribution in [0.15, 0.2) is 52.7 Å². The molecule has 2 aromatic carbocycles. The molecule has 3 rings (SSSR count). The van der Waals surface area contributed by atoms with Crippen LogP contribution in [-0.2, 0) is 6.61 Å². The molecule has 0 spiro atoms. The van der Waals surface area contributed by atoms with Gasteiger partial charge in [-0.25, -0.2) is 0 Å². The summed E-state index contributed by atoms with van der Waals surface area (Å²) in [5.41, 5.74) is 1.18. The van der Waals surface area contributed by atoms with Crippen molar-refractivity contribution in [2.75, 3.05) is 13.4 Å². The molecule has 0 atom stereocenters. The lowest BCUT2D eigenvalue weighted by atomic mass is 10.1. The van der Waals surface area contributed by atoms with Crippen molar-refractivity contribution in [3.63, 3.8) is 0 Å². The summed E-state index contributed by atoms with van der Waals surface area (Å²) in [5, 5.41) is 25.1. The molecule has 0 bridgehead atoms. The van der Waals surface area contributed by atoms with Gasteiger partial charge in [0.1, 0.15) is 6.61 Å². The molecule has 1 aromatic heterocycles. The Morgan fingerprint density at radius 1 is 1.26 bits per heavy atom. The molecule has 162 valence electrons. The summed E-state index contributed by atoms with van der Waals surface area (Å²) in [7, 11) is 1.44. The largest absolute Gasteiger partial charge is 0.493 e. The highest BCUT2D eigenvalue weighted by molar-refractivity contribution is 7.98. The number of benzene rings is 2. The Kier molecular flexibility index (Phi) is 7.24. The average Bonchev–Trinajstić information content (AvgIpc) is 3.19. The summed E-state index contributed by atoms with van der Waals surface area (Å²) < 4.78 is 12.8. The Morgan fingerprint density at radius 3 is 2.61 bits per heavy atom. The van der Waals surface area contributed by atoms with E-state index in [1.807, 2.05) is 50.4 Å². The summed E-state index contributed by atoms with van der Waals surface area (Å²) >= 11 is 1.41. The van der Waals surface area contributed by atoms with Gasteiger partial charge in [-0.05, 0) is 17.9 Å². The molecule has 9 nitrogen and oxygen atoms in total. The van der Waals surface area contributed by atoms with Crippen LogP contribution in [0.5, 0.6) is 11.5 Å². The maximum absolute atomic E-state index is 11.7. The smallest absolute Gasteiger partial charge is 0.315 e. The minimum Gasteiger partial charge on any atom is -0.493 e. The molecule has 0 aliphatic heterocycles. The van der Waals surface area contributed by atoms with E-state index in [1.165, 1.54) is 31.2 Å². The summed E-state index contributed by atoms with van der Waals surface area (Å²) in [6.45, 7) is 4.17. The minimum absolute atomic E-state index is 0.0745. The van der Waals surface area contributed by atoms with Gasteiger partial charge >= 0.3 is 5.69 Å². The number of hydrogen-bond donors (Lipinski definition) is 0. The third kappa shape index (κ3) is 5.21. The maximum Gasteiger partial charge on any atom is 0.315 e. The van der Waals surface area contributed by atoms with Crippen molar-refractivity contribution >= 4 is 23.7 Å². The lowest BCUT2D eigenvalue weighted by molar-refractivity contribution is -0.386. The number of methoxy groups -OCH3 is 1. The van der Waals surface area contributed by atoms with Gasteiger partial charge in [0.2, 0.25) is 10.9 Å². The molecule has 1 heterocycles. The predicted octanol–water partition coefficient (Wildman–Crippen LogP) is 4.50. The van der Waals surface area contributed by atoms with Crippen LogP contribution in [0.3, 0.4) is 0 Å². The first-order valence-electron chi connectivity index (χ1n) is 9.51. The van der Waals surface area contributed by atoms with Crippen LogP contribution in [0.4, 0.5) is 5.69 Å². The zero-order chi connectivity index (χ0) is 22.4. The fourth-order valence-corrected chi connectivity index (χ4v) is 3.28. The zero-order valence-electron chi connectivity index (χ0n) is 17.7. The van der Waals surface area contributed by atoms with E-state index in [2.05, 4.69) is 15.3 Å². The lowest BCUT2D eigenvalue weighted by Crippen LogP contribution is -2.04. The van der Waals surface area contributed by atoms with Crippen LogP contribution < -0.4 is 9.47 Å². The van der Waals surface area contributed by atoms with Gasteiger partial charge in [-0.15, -0.1) is 10.2 Å². The fraction of sp³-hybridized carbons (Fsp3) is 0.286. The van der Waals surface area contributed by atoms with Gasteiger partial charge in [0.25, 0.3) is 0 Å². The number of thioether (sulfide) groups is 1. The van der Waals surface area contributed by atoms with Gasteiger partial charge in [-0.3, -0.25) is 10.1 Å². The number of nitro benzene ring substituents is 1. The number of rotatable bonds is 9. The molecule has 0 saturated heterocycles. The number of nitro groups is 1. The van der Waals surface area contributed by atoms with Crippen molar-refractivity contribution in [1.29, 1.82) is 0 Å². The van der Waals surface area contributed by atoms with E-state index < -0.39 is 4.92 Å². The van der Waals surface area contributed by atoms with Crippen molar-refractivity contribution in [1.82, 2.24) is 14.9 Å². The molecule has 0 fully saturated rings. The van der Waals surface area contributed by atoms with E-state index in [4.69, 9.17) is 9.47 Å². The first kappa shape index (κ1) is 22.3. The number of hydrogen-bond acceptors (Lipinski definition) is 8. The molecule has 3 aromatic rings. The monoisotopic (exact) mass is 441 g/mol. The van der Waals surface area contributed by atoms with Crippen molar-refractivity contribution in [2.45, 2.75) is 31.5 Å². The quantitative estimate of drug-likeness (QED) is 0.208. The molecular formula is C21H23N5O4S. The number of aromatic nitrogens is 3. The second-order valence-corrected chi connectivity index (χ2v) is 7.63. The van der Waals surface area contributed by atoms with E-state index in [0.717, 1.165) is 5.56 Å². The van der Waals surface area contributed by atoms with E-state index >= 15 is 0 Å². The van der Waals surface area contributed by atoms with Crippen molar-refractivity contribution in [3.05, 3.63) is 69.5 Å². The molecule has 10 heteroatoms. The van der Waals surface area contributed by atoms with E-state index in [9.17, 15) is 10.1 Å². The number of nitrogens with zero attached hydrogens (tertiary/aromatic N) is 5. The third-order valence-electron chi connectivity index (χ3n) is 4.36. The van der Waals surface area contributed by atoms with E-state index in [-0.39, 0.29) is 29.7 Å². The van der Waals surface area contributed by atoms with Gasteiger partial charge in [0.15, 0.2) is 11.6 Å². The normalized spacial score (nSPS) is 11.3. The molecule has 0 saturated carbocycles. The van der Waals surface area contributed by atoms with Crippen LogP contribution in [-0.4, -0.2) is 39.4 Å². The van der Waals surface area contributed by atoms with Crippen molar-refractivity contribution < 1.29 is 14.4 Å². The van der Waals surface area contributed by atoms with Gasteiger partial charge in [-0.1, -0.05) is 55.9 Å². The summed E-state index contributed by atoms with van der Waals surface area (Å²) in [6, 6.07) is 12.5. The van der Waals surface area contributed by atoms with Gasteiger partial charge in [0.05, 0.1) is 18.2 Å². The van der Waals surface area contributed by atoms with Gasteiger partial charge in [0, 0.05) is 17.5 Å². The molecule has 31 heavy (non-hydrogen) atoms. The second-order valence-electron chi connectivity index (χ2n) is 6.86. The zero-order valence-corrected chi connectivity index (χ0v) is 18.5. The first-order chi connectivity index (χ1) is 14.9. The summed E-state index contributed by atoms with van der Waals surface area (Å²) in [6.07, 6.45) is 3.40. The fourth-order valence-electron chi connectivity index (χ4n) is 2.84. The number of ether oxygens (including phenoxy) is 2. The average molecular weight is 442 g/mol. The van der Waals surface area contributed by atoms with Crippen LogP contribution in [0.25, 0.3) is 0 Å². The standard InChI is InChI=1S/C21H23N5O4S/c1-14(2)20-23-24-21(31-4)25(20)22-12-16-10-17(26(27)28)19(18(11-16)29-3)30-13-15-8-6-5-7-9-15/h5-12,14H,13H2,1-4H3/b22-12-. The molecule has 0 amide bonds. The Morgan fingerprint density at radius 2 is 2.00 bits per heavy atom. The Bertz CT molecular complexity index is 1080. The van der Waals surface area contributed by atoms with Crippen LogP contribution in [0.2, 0.25) is 0 Å². The van der Waals surface area contributed by atoms with Crippen LogP contribution >= 0.6 is 11.8 Å². The Labute approximate surface area is 184 Å². The highest BCUT2D eigenvalue weighted by atomic mass is 32.2. The molecule has 0 unspecified atom stereocenters. The topological polar surface area (TPSA) is 105 Å². The summed E-state index contributed by atoms with van der Waals surface area (Å²) in [4.78, 5) is 11.2. The molecular weight excluding hydrogens is 418 g/mol. The van der Waals surface area contributed by atoms with Crippen molar-refractivity contribution in [2.24, 2.45) is 5.10 Å². The van der Waals surface area contributed by atoms with Crippen LogP contribution in [0, 0.1) is 10.1 Å². The highest BCUT2D eigenvalue weighted by Crippen LogP contribution is 2.38. The van der Waals surface area contributed by atoms with Gasteiger partial charge < -0.3 is 9.47 Å². The first-order valence-corrected chi connectivity index (χ1v) is 10.7. The maximum atomic E-state index is 11.7. The van der Waals surface area contributed by atoms with Gasteiger partial charge in [-0.2, -0.15) is 9.78 Å². The predicted molar refractivity (Wildman–Crippen MR) is 119 cm³/mol. The van der Waals surface area contributed by atoms with E-state index in [0.29, 0.717) is 16.5 Å². The SMILES string of the molecule is COc1cc(/C=N\n2c(SC)nnc2C(C)C)cc([N+](=O)[O-])c1OCc1ccccc1. The molecule has 0 radical (unpaired) electrons. The summed E-state index contributed by atoms with van der Waals surface area (Å²) in [5.74, 6) is 1.14. The molecule has 0 aliphatic carbocycles.